The van der Waals surface area contributed by atoms with Crippen LogP contribution in [0.3, 0.4) is 0 Å². The van der Waals surface area contributed by atoms with Crippen molar-refractivity contribution >= 4 is 0 Å². The summed E-state index contributed by atoms with van der Waals surface area (Å²) in [4.78, 5) is 4.68. The average molecular weight is 261 g/mol. The highest BCUT2D eigenvalue weighted by molar-refractivity contribution is 5.48. The number of rotatable bonds is 6. The van der Waals surface area contributed by atoms with E-state index in [0.29, 0.717) is 11.3 Å². The number of benzene rings is 1. The lowest BCUT2D eigenvalue weighted by Gasteiger charge is -2.19. The number of methoxy groups -OCH3 is 2. The van der Waals surface area contributed by atoms with Crippen molar-refractivity contribution in [2.75, 3.05) is 21.3 Å². The first-order valence-corrected chi connectivity index (χ1v) is 5.33. The summed E-state index contributed by atoms with van der Waals surface area (Å²) < 4.78 is 37.2. The molecule has 4 nitrogen and oxygen atoms in total. The lowest BCUT2D eigenvalue weighted by molar-refractivity contribution is 0.0148. The molecule has 0 heterocycles. The number of hydrogen-bond donors (Lipinski definition) is 1. The summed E-state index contributed by atoms with van der Waals surface area (Å²) >= 11 is 0. The van der Waals surface area contributed by atoms with Crippen LogP contribution in [0.5, 0.6) is 11.5 Å². The maximum Gasteiger partial charge on any atom is 0.270 e. The topological polar surface area (TPSA) is 39.7 Å². The van der Waals surface area contributed by atoms with Crippen LogP contribution in [0.2, 0.25) is 0 Å². The van der Waals surface area contributed by atoms with Gasteiger partial charge in [0.1, 0.15) is 0 Å². The number of hydroxylamine groups is 1. The van der Waals surface area contributed by atoms with Crippen molar-refractivity contribution in [2.24, 2.45) is 0 Å². The number of hydrogen-bond acceptors (Lipinski definition) is 4. The summed E-state index contributed by atoms with van der Waals surface area (Å²) in [5, 5.41) is 0. The monoisotopic (exact) mass is 261 g/mol. The quantitative estimate of drug-likeness (QED) is 0.798. The van der Waals surface area contributed by atoms with E-state index in [1.54, 1.807) is 0 Å². The predicted molar refractivity (Wildman–Crippen MR) is 63.0 cm³/mol. The Hall–Kier alpha value is -1.40. The molecule has 0 amide bonds. The Balaban J connectivity index is 3.27. The van der Waals surface area contributed by atoms with Crippen LogP contribution in [0.4, 0.5) is 8.78 Å². The van der Waals surface area contributed by atoms with E-state index in [4.69, 9.17) is 9.47 Å². The molecule has 0 saturated carbocycles. The van der Waals surface area contributed by atoms with Crippen molar-refractivity contribution in [3.63, 3.8) is 0 Å². The standard InChI is InChI=1S/C12H17F2NO3/c1-12(13,14)9-6-11(17-3)10(16-2)5-8(9)7-15-18-4/h5-6,15H,7H2,1-4H3. The highest BCUT2D eigenvalue weighted by Gasteiger charge is 2.29. The number of alkyl halides is 2. The Morgan fingerprint density at radius 3 is 2.11 bits per heavy atom. The van der Waals surface area contributed by atoms with Gasteiger partial charge in [-0.3, -0.25) is 0 Å². The van der Waals surface area contributed by atoms with Crippen LogP contribution in [-0.4, -0.2) is 21.3 Å². The minimum atomic E-state index is -2.97. The van der Waals surface area contributed by atoms with Crippen molar-refractivity contribution in [1.29, 1.82) is 0 Å². The molecule has 0 spiro atoms. The SMILES string of the molecule is CONCc1cc(OC)c(OC)cc1C(C)(F)F. The predicted octanol–water partition coefficient (Wildman–Crippen LogP) is 2.47. The molecule has 0 aliphatic carbocycles. The van der Waals surface area contributed by atoms with E-state index >= 15 is 0 Å². The van der Waals surface area contributed by atoms with Gasteiger partial charge in [0.2, 0.25) is 0 Å². The Bertz CT molecular complexity index is 405. The second kappa shape index (κ2) is 5.97. The molecule has 0 aliphatic rings. The molecule has 0 aromatic heterocycles. The first-order valence-electron chi connectivity index (χ1n) is 5.33. The third kappa shape index (κ3) is 3.30. The molecule has 6 heteroatoms. The first kappa shape index (κ1) is 14.7. The fraction of sp³-hybridized carbons (Fsp3) is 0.500. The van der Waals surface area contributed by atoms with E-state index in [1.165, 1.54) is 33.5 Å². The smallest absolute Gasteiger partial charge is 0.270 e. The van der Waals surface area contributed by atoms with Gasteiger partial charge in [0.15, 0.2) is 11.5 Å². The molecule has 0 bridgehead atoms. The van der Waals surface area contributed by atoms with Crippen LogP contribution >= 0.6 is 0 Å². The molecule has 1 N–H and O–H groups in total. The molecule has 0 aliphatic heterocycles. The Morgan fingerprint density at radius 2 is 1.67 bits per heavy atom. The minimum absolute atomic E-state index is 0.121. The fourth-order valence-electron chi connectivity index (χ4n) is 1.63. The average Bonchev–Trinajstić information content (AvgIpc) is 2.33. The highest BCUT2D eigenvalue weighted by Crippen LogP contribution is 2.37. The zero-order chi connectivity index (χ0) is 13.8. The molecular weight excluding hydrogens is 244 g/mol. The van der Waals surface area contributed by atoms with E-state index in [-0.39, 0.29) is 17.9 Å². The third-order valence-electron chi connectivity index (χ3n) is 2.49. The highest BCUT2D eigenvalue weighted by atomic mass is 19.3. The largest absolute Gasteiger partial charge is 0.493 e. The van der Waals surface area contributed by atoms with Crippen LogP contribution in [0, 0.1) is 0 Å². The second-order valence-electron chi connectivity index (χ2n) is 3.78. The van der Waals surface area contributed by atoms with Crippen molar-refractivity contribution < 1.29 is 23.1 Å². The van der Waals surface area contributed by atoms with E-state index in [0.717, 1.165) is 6.92 Å². The molecule has 1 aromatic rings. The molecule has 1 rings (SSSR count). The van der Waals surface area contributed by atoms with Crippen LogP contribution in [-0.2, 0) is 17.3 Å². The van der Waals surface area contributed by atoms with Gasteiger partial charge in [-0.25, -0.2) is 8.78 Å². The van der Waals surface area contributed by atoms with Gasteiger partial charge < -0.3 is 14.3 Å². The molecular formula is C12H17F2NO3. The third-order valence-corrected chi connectivity index (χ3v) is 2.49. The van der Waals surface area contributed by atoms with Gasteiger partial charge in [0.25, 0.3) is 5.92 Å². The second-order valence-corrected chi connectivity index (χ2v) is 3.78. The summed E-state index contributed by atoms with van der Waals surface area (Å²) in [6.07, 6.45) is 0. The van der Waals surface area contributed by atoms with E-state index in [9.17, 15) is 8.78 Å². The minimum Gasteiger partial charge on any atom is -0.493 e. The zero-order valence-corrected chi connectivity index (χ0v) is 10.8. The van der Waals surface area contributed by atoms with Crippen molar-refractivity contribution in [3.8, 4) is 11.5 Å². The van der Waals surface area contributed by atoms with Gasteiger partial charge in [-0.1, -0.05) is 0 Å². The van der Waals surface area contributed by atoms with Gasteiger partial charge in [0.05, 0.1) is 21.3 Å². The number of ether oxygens (including phenoxy) is 2. The summed E-state index contributed by atoms with van der Waals surface area (Å²) in [5.41, 5.74) is 2.81. The zero-order valence-electron chi connectivity index (χ0n) is 10.8. The lowest BCUT2D eigenvalue weighted by Crippen LogP contribution is -2.17. The maximum atomic E-state index is 13.5. The van der Waals surface area contributed by atoms with Crippen LogP contribution < -0.4 is 15.0 Å². The van der Waals surface area contributed by atoms with Gasteiger partial charge in [-0.05, 0) is 17.7 Å². The van der Waals surface area contributed by atoms with Gasteiger partial charge in [-0.2, -0.15) is 5.48 Å². The summed E-state index contributed by atoms with van der Waals surface area (Å²) in [6.45, 7) is 0.986. The Kier molecular flexibility index (Phi) is 4.86. The van der Waals surface area contributed by atoms with E-state index < -0.39 is 5.92 Å². The molecule has 1 aromatic carbocycles. The van der Waals surface area contributed by atoms with Gasteiger partial charge in [-0.15, -0.1) is 0 Å². The van der Waals surface area contributed by atoms with Crippen LogP contribution in [0.25, 0.3) is 0 Å². The normalized spacial score (nSPS) is 11.4. The van der Waals surface area contributed by atoms with Gasteiger partial charge in [0, 0.05) is 19.0 Å². The van der Waals surface area contributed by atoms with Gasteiger partial charge >= 0.3 is 0 Å². The number of nitrogens with one attached hydrogen (secondary N) is 1. The maximum absolute atomic E-state index is 13.5. The molecule has 18 heavy (non-hydrogen) atoms. The first-order chi connectivity index (χ1) is 8.43. The summed E-state index contributed by atoms with van der Waals surface area (Å²) in [6, 6.07) is 2.79. The summed E-state index contributed by atoms with van der Waals surface area (Å²) in [5.74, 6) is -2.29. The van der Waals surface area contributed by atoms with Crippen molar-refractivity contribution in [2.45, 2.75) is 19.4 Å². The number of halogens is 2. The fourth-order valence-corrected chi connectivity index (χ4v) is 1.63. The molecule has 0 radical (unpaired) electrons. The van der Waals surface area contributed by atoms with Crippen LogP contribution in [0.1, 0.15) is 18.1 Å². The van der Waals surface area contributed by atoms with Crippen LogP contribution in [0.15, 0.2) is 12.1 Å². The van der Waals surface area contributed by atoms with E-state index in [1.807, 2.05) is 0 Å². The molecule has 0 saturated heterocycles. The van der Waals surface area contributed by atoms with Crippen molar-refractivity contribution in [3.05, 3.63) is 23.3 Å². The Morgan fingerprint density at radius 1 is 1.11 bits per heavy atom. The summed E-state index contributed by atoms with van der Waals surface area (Å²) in [7, 11) is 4.28. The van der Waals surface area contributed by atoms with Crippen molar-refractivity contribution in [1.82, 2.24) is 5.48 Å². The molecule has 102 valence electrons. The Labute approximate surface area is 105 Å². The molecule has 0 fully saturated rings. The van der Waals surface area contributed by atoms with E-state index in [2.05, 4.69) is 10.3 Å². The molecule has 0 atom stereocenters. The molecule has 0 unspecified atom stereocenters. The lowest BCUT2D eigenvalue weighted by atomic mass is 10.0.